The van der Waals surface area contributed by atoms with Crippen molar-refractivity contribution in [3.63, 3.8) is 0 Å². The molecule has 0 radical (unpaired) electrons. The molecule has 0 amide bonds. The molecule has 0 bridgehead atoms. The number of methoxy groups -OCH3 is 1. The summed E-state index contributed by atoms with van der Waals surface area (Å²) in [4.78, 5) is 4.54. The highest BCUT2D eigenvalue weighted by molar-refractivity contribution is 7.18. The van der Waals surface area contributed by atoms with Crippen molar-refractivity contribution in [3.8, 4) is 5.75 Å². The SMILES string of the molecule is CCCC(N)c1nc2ccc(OC)cc2s1. The summed E-state index contributed by atoms with van der Waals surface area (Å²) in [6.45, 7) is 2.14. The van der Waals surface area contributed by atoms with Crippen LogP contribution in [-0.2, 0) is 0 Å². The molecule has 0 aliphatic heterocycles. The molecule has 0 aliphatic rings. The fourth-order valence-electron chi connectivity index (χ4n) is 1.64. The number of benzene rings is 1. The molecule has 1 aromatic carbocycles. The van der Waals surface area contributed by atoms with Gasteiger partial charge >= 0.3 is 0 Å². The summed E-state index contributed by atoms with van der Waals surface area (Å²) in [6.07, 6.45) is 2.07. The first-order chi connectivity index (χ1) is 7.74. The molecule has 2 rings (SSSR count). The van der Waals surface area contributed by atoms with Gasteiger partial charge in [-0.3, -0.25) is 0 Å². The Hall–Kier alpha value is -1.13. The molecule has 2 aromatic rings. The Balaban J connectivity index is 2.35. The van der Waals surface area contributed by atoms with Gasteiger partial charge in [0.1, 0.15) is 10.8 Å². The number of thiazole rings is 1. The van der Waals surface area contributed by atoms with Crippen molar-refractivity contribution >= 4 is 21.6 Å². The molecule has 0 aliphatic carbocycles. The summed E-state index contributed by atoms with van der Waals surface area (Å²) in [6, 6.07) is 5.98. The lowest BCUT2D eigenvalue weighted by molar-refractivity contribution is 0.415. The number of hydrogen-bond acceptors (Lipinski definition) is 4. The normalized spacial score (nSPS) is 12.9. The molecule has 3 nitrogen and oxygen atoms in total. The third kappa shape index (κ3) is 2.18. The van der Waals surface area contributed by atoms with Gasteiger partial charge in [-0.15, -0.1) is 11.3 Å². The molecule has 1 heterocycles. The van der Waals surface area contributed by atoms with Crippen LogP contribution in [0.3, 0.4) is 0 Å². The van der Waals surface area contributed by atoms with Gasteiger partial charge in [-0.25, -0.2) is 4.98 Å². The third-order valence-corrected chi connectivity index (χ3v) is 3.68. The van der Waals surface area contributed by atoms with Crippen molar-refractivity contribution < 1.29 is 4.74 Å². The Morgan fingerprint density at radius 3 is 3.00 bits per heavy atom. The summed E-state index contributed by atoms with van der Waals surface area (Å²) in [5.41, 5.74) is 7.06. The van der Waals surface area contributed by atoms with Crippen molar-refractivity contribution in [2.24, 2.45) is 5.73 Å². The Morgan fingerprint density at radius 1 is 1.50 bits per heavy atom. The van der Waals surface area contributed by atoms with Gasteiger partial charge < -0.3 is 10.5 Å². The molecular weight excluding hydrogens is 220 g/mol. The minimum atomic E-state index is 0.0633. The van der Waals surface area contributed by atoms with Crippen molar-refractivity contribution in [2.75, 3.05) is 7.11 Å². The van der Waals surface area contributed by atoms with Crippen LogP contribution in [0.1, 0.15) is 30.8 Å². The zero-order valence-electron chi connectivity index (χ0n) is 9.56. The minimum Gasteiger partial charge on any atom is -0.497 e. The number of ether oxygens (including phenoxy) is 1. The molecule has 0 saturated carbocycles. The molecule has 4 heteroatoms. The van der Waals surface area contributed by atoms with E-state index in [1.165, 1.54) is 0 Å². The van der Waals surface area contributed by atoms with Gasteiger partial charge in [0.25, 0.3) is 0 Å². The molecule has 0 fully saturated rings. The highest BCUT2D eigenvalue weighted by Gasteiger charge is 2.11. The first-order valence-electron chi connectivity index (χ1n) is 5.44. The molecule has 0 spiro atoms. The van der Waals surface area contributed by atoms with Gasteiger partial charge in [-0.05, 0) is 24.6 Å². The van der Waals surface area contributed by atoms with Crippen LogP contribution >= 0.6 is 11.3 Å². The Labute approximate surface area is 99.3 Å². The highest BCUT2D eigenvalue weighted by atomic mass is 32.1. The highest BCUT2D eigenvalue weighted by Crippen LogP contribution is 2.29. The second-order valence-electron chi connectivity index (χ2n) is 3.78. The number of nitrogens with two attached hydrogens (primary N) is 1. The first kappa shape index (κ1) is 11.4. The van der Waals surface area contributed by atoms with Crippen LogP contribution < -0.4 is 10.5 Å². The molecule has 1 unspecified atom stereocenters. The van der Waals surface area contributed by atoms with Gasteiger partial charge in [0.15, 0.2) is 0 Å². The van der Waals surface area contributed by atoms with Crippen LogP contribution in [0.2, 0.25) is 0 Å². The molecule has 1 aromatic heterocycles. The van der Waals surface area contributed by atoms with E-state index in [-0.39, 0.29) is 6.04 Å². The van der Waals surface area contributed by atoms with Gasteiger partial charge in [-0.2, -0.15) is 0 Å². The van der Waals surface area contributed by atoms with Crippen molar-refractivity contribution in [3.05, 3.63) is 23.2 Å². The number of rotatable bonds is 4. The average Bonchev–Trinajstić information content (AvgIpc) is 2.71. The van der Waals surface area contributed by atoms with Crippen molar-refractivity contribution in [1.29, 1.82) is 0 Å². The van der Waals surface area contributed by atoms with E-state index < -0.39 is 0 Å². The second kappa shape index (κ2) is 4.80. The summed E-state index contributed by atoms with van der Waals surface area (Å²) in [5.74, 6) is 0.867. The van der Waals surface area contributed by atoms with E-state index in [0.717, 1.165) is 33.8 Å². The van der Waals surface area contributed by atoms with Crippen molar-refractivity contribution in [2.45, 2.75) is 25.8 Å². The molecular formula is C12H16N2OS. The second-order valence-corrected chi connectivity index (χ2v) is 4.84. The summed E-state index contributed by atoms with van der Waals surface area (Å²) >= 11 is 1.66. The van der Waals surface area contributed by atoms with Gasteiger partial charge in [0.2, 0.25) is 0 Å². The summed E-state index contributed by atoms with van der Waals surface area (Å²) in [7, 11) is 1.67. The predicted octanol–water partition coefficient (Wildman–Crippen LogP) is 3.10. The van der Waals surface area contributed by atoms with Gasteiger partial charge in [0, 0.05) is 0 Å². The molecule has 0 saturated heterocycles. The van der Waals surface area contributed by atoms with Crippen LogP contribution in [0.5, 0.6) is 5.75 Å². The van der Waals surface area contributed by atoms with E-state index in [0.29, 0.717) is 0 Å². The van der Waals surface area contributed by atoms with E-state index in [4.69, 9.17) is 10.5 Å². The third-order valence-electron chi connectivity index (χ3n) is 2.53. The van der Waals surface area contributed by atoms with Crippen LogP contribution in [-0.4, -0.2) is 12.1 Å². The summed E-state index contributed by atoms with van der Waals surface area (Å²) < 4.78 is 6.33. The predicted molar refractivity (Wildman–Crippen MR) is 68.0 cm³/mol. The van der Waals surface area contributed by atoms with Crippen LogP contribution in [0.25, 0.3) is 10.2 Å². The fraction of sp³-hybridized carbons (Fsp3) is 0.417. The molecule has 86 valence electrons. The zero-order chi connectivity index (χ0) is 11.5. The van der Waals surface area contributed by atoms with Crippen molar-refractivity contribution in [1.82, 2.24) is 4.98 Å². The lowest BCUT2D eigenvalue weighted by atomic mass is 10.2. The number of nitrogens with zero attached hydrogens (tertiary/aromatic N) is 1. The largest absolute Gasteiger partial charge is 0.497 e. The maximum Gasteiger partial charge on any atom is 0.120 e. The standard InChI is InChI=1S/C12H16N2OS/c1-3-4-9(13)12-14-10-6-5-8(15-2)7-11(10)16-12/h5-7,9H,3-4,13H2,1-2H3. The van der Waals surface area contributed by atoms with E-state index in [2.05, 4.69) is 11.9 Å². The lowest BCUT2D eigenvalue weighted by Gasteiger charge is -2.04. The quantitative estimate of drug-likeness (QED) is 0.887. The number of aromatic nitrogens is 1. The fourth-order valence-corrected chi connectivity index (χ4v) is 2.67. The van der Waals surface area contributed by atoms with E-state index >= 15 is 0 Å². The number of fused-ring (bicyclic) bond motifs is 1. The maximum absolute atomic E-state index is 6.06. The zero-order valence-corrected chi connectivity index (χ0v) is 10.4. The van der Waals surface area contributed by atoms with Crippen LogP contribution in [0, 0.1) is 0 Å². The van der Waals surface area contributed by atoms with Gasteiger partial charge in [0.05, 0.1) is 23.4 Å². The van der Waals surface area contributed by atoms with E-state index in [9.17, 15) is 0 Å². The Morgan fingerprint density at radius 2 is 2.31 bits per heavy atom. The van der Waals surface area contributed by atoms with Crippen LogP contribution in [0.4, 0.5) is 0 Å². The van der Waals surface area contributed by atoms with Gasteiger partial charge in [-0.1, -0.05) is 13.3 Å². The first-order valence-corrected chi connectivity index (χ1v) is 6.26. The maximum atomic E-state index is 6.06. The lowest BCUT2D eigenvalue weighted by Crippen LogP contribution is -2.08. The van der Waals surface area contributed by atoms with Crippen LogP contribution in [0.15, 0.2) is 18.2 Å². The molecule has 2 N–H and O–H groups in total. The summed E-state index contributed by atoms with van der Waals surface area (Å²) in [5, 5.41) is 1.02. The topological polar surface area (TPSA) is 48.1 Å². The molecule has 1 atom stereocenters. The average molecular weight is 236 g/mol. The smallest absolute Gasteiger partial charge is 0.120 e. The monoisotopic (exact) mass is 236 g/mol. The Kier molecular flexibility index (Phi) is 3.41. The number of hydrogen-bond donors (Lipinski definition) is 1. The van der Waals surface area contributed by atoms with E-state index in [1.54, 1.807) is 18.4 Å². The van der Waals surface area contributed by atoms with E-state index in [1.807, 2.05) is 18.2 Å². The molecule has 16 heavy (non-hydrogen) atoms. The minimum absolute atomic E-state index is 0.0633. The Bertz CT molecular complexity index is 481.